The molecule has 1 aromatic carbocycles. The Kier molecular flexibility index (Phi) is 3.52. The van der Waals surface area contributed by atoms with Gasteiger partial charge >= 0.3 is 0 Å². The second-order valence-electron chi connectivity index (χ2n) is 5.87. The van der Waals surface area contributed by atoms with E-state index in [0.29, 0.717) is 0 Å². The van der Waals surface area contributed by atoms with Gasteiger partial charge in [0.25, 0.3) is 0 Å². The third kappa shape index (κ3) is 2.70. The third-order valence-electron chi connectivity index (χ3n) is 4.42. The van der Waals surface area contributed by atoms with E-state index in [-0.39, 0.29) is 0 Å². The molecule has 4 rings (SSSR count). The quantitative estimate of drug-likeness (QED) is 0.806. The van der Waals surface area contributed by atoms with Gasteiger partial charge in [0.2, 0.25) is 0 Å². The summed E-state index contributed by atoms with van der Waals surface area (Å²) in [5.74, 6) is 0. The van der Waals surface area contributed by atoms with Crippen LogP contribution in [0.4, 0.5) is 5.69 Å². The molecule has 112 valence electrons. The standard InChI is InChI=1S/C18H20N4/c1-2-18-16(3-8-20-18)13-15(1)14-21-9-11-22(12-10-21)17-4-6-19-7-5-17/h1-8,13,20H,9-12,14H2. The lowest BCUT2D eigenvalue weighted by atomic mass is 10.1. The van der Waals surface area contributed by atoms with Crippen LogP contribution in [0.15, 0.2) is 55.0 Å². The summed E-state index contributed by atoms with van der Waals surface area (Å²) in [7, 11) is 0. The van der Waals surface area contributed by atoms with Crippen molar-refractivity contribution in [3.63, 3.8) is 0 Å². The smallest absolute Gasteiger partial charge is 0.0454 e. The van der Waals surface area contributed by atoms with Gasteiger partial charge in [-0.2, -0.15) is 0 Å². The number of nitrogens with zero attached hydrogens (tertiary/aromatic N) is 3. The van der Waals surface area contributed by atoms with Crippen molar-refractivity contribution in [1.82, 2.24) is 14.9 Å². The molecule has 0 bridgehead atoms. The van der Waals surface area contributed by atoms with E-state index < -0.39 is 0 Å². The molecule has 3 heterocycles. The van der Waals surface area contributed by atoms with Gasteiger partial charge in [0.1, 0.15) is 0 Å². The molecule has 4 nitrogen and oxygen atoms in total. The van der Waals surface area contributed by atoms with Crippen LogP contribution in [0.1, 0.15) is 5.56 Å². The zero-order valence-corrected chi connectivity index (χ0v) is 12.6. The zero-order chi connectivity index (χ0) is 14.8. The molecule has 4 heteroatoms. The Hall–Kier alpha value is -2.33. The van der Waals surface area contributed by atoms with E-state index >= 15 is 0 Å². The van der Waals surface area contributed by atoms with E-state index in [1.165, 1.54) is 22.2 Å². The normalized spacial score (nSPS) is 16.3. The second-order valence-corrected chi connectivity index (χ2v) is 5.87. The molecule has 0 amide bonds. The fourth-order valence-electron chi connectivity index (χ4n) is 3.18. The van der Waals surface area contributed by atoms with Crippen molar-refractivity contribution >= 4 is 16.6 Å². The highest BCUT2D eigenvalue weighted by molar-refractivity contribution is 5.79. The van der Waals surface area contributed by atoms with Gasteiger partial charge in [-0.25, -0.2) is 0 Å². The van der Waals surface area contributed by atoms with Gasteiger partial charge in [0, 0.05) is 62.5 Å². The van der Waals surface area contributed by atoms with Gasteiger partial charge in [-0.1, -0.05) is 6.07 Å². The summed E-state index contributed by atoms with van der Waals surface area (Å²) in [6, 6.07) is 13.0. The van der Waals surface area contributed by atoms with Crippen molar-refractivity contribution in [3.05, 3.63) is 60.6 Å². The zero-order valence-electron chi connectivity index (χ0n) is 12.6. The number of piperazine rings is 1. The van der Waals surface area contributed by atoms with Gasteiger partial charge in [-0.3, -0.25) is 9.88 Å². The van der Waals surface area contributed by atoms with Crippen LogP contribution in [-0.2, 0) is 6.54 Å². The molecule has 1 aliphatic rings. The van der Waals surface area contributed by atoms with E-state index in [4.69, 9.17) is 0 Å². The molecule has 1 fully saturated rings. The Balaban J connectivity index is 1.39. The molecular formula is C18H20N4. The number of hydrogen-bond donors (Lipinski definition) is 1. The number of rotatable bonds is 3. The van der Waals surface area contributed by atoms with Crippen LogP contribution in [0.25, 0.3) is 10.9 Å². The summed E-state index contributed by atoms with van der Waals surface area (Å²) < 4.78 is 0. The predicted octanol–water partition coefficient (Wildman–Crippen LogP) is 2.89. The van der Waals surface area contributed by atoms with Gasteiger partial charge in [0.15, 0.2) is 0 Å². The number of hydrogen-bond acceptors (Lipinski definition) is 3. The fourth-order valence-corrected chi connectivity index (χ4v) is 3.18. The van der Waals surface area contributed by atoms with Crippen molar-refractivity contribution < 1.29 is 0 Å². The van der Waals surface area contributed by atoms with Crippen LogP contribution in [0, 0.1) is 0 Å². The number of nitrogens with one attached hydrogen (secondary N) is 1. The monoisotopic (exact) mass is 292 g/mol. The van der Waals surface area contributed by atoms with E-state index in [2.05, 4.69) is 56.2 Å². The molecule has 1 aliphatic heterocycles. The number of aromatic amines is 1. The summed E-state index contributed by atoms with van der Waals surface area (Å²) in [5, 5.41) is 1.30. The maximum absolute atomic E-state index is 4.09. The molecule has 2 aromatic heterocycles. The molecule has 0 unspecified atom stereocenters. The highest BCUT2D eigenvalue weighted by atomic mass is 15.3. The minimum Gasteiger partial charge on any atom is -0.369 e. The van der Waals surface area contributed by atoms with Crippen molar-refractivity contribution in [2.75, 3.05) is 31.1 Å². The Morgan fingerprint density at radius 2 is 1.77 bits per heavy atom. The van der Waals surface area contributed by atoms with Crippen LogP contribution >= 0.6 is 0 Å². The first-order chi connectivity index (χ1) is 10.9. The summed E-state index contributed by atoms with van der Waals surface area (Å²) in [6.07, 6.45) is 5.74. The van der Waals surface area contributed by atoms with E-state index in [1.54, 1.807) is 0 Å². The Bertz CT molecular complexity index is 742. The predicted molar refractivity (Wildman–Crippen MR) is 90.0 cm³/mol. The van der Waals surface area contributed by atoms with Gasteiger partial charge < -0.3 is 9.88 Å². The maximum atomic E-state index is 4.09. The molecule has 0 aliphatic carbocycles. The molecule has 0 atom stereocenters. The minimum absolute atomic E-state index is 1.03. The SMILES string of the molecule is c1cc(N2CCN(Cc3ccc4[nH]ccc4c3)CC2)ccn1. The van der Waals surface area contributed by atoms with Crippen LogP contribution in [0.5, 0.6) is 0 Å². The highest BCUT2D eigenvalue weighted by Crippen LogP contribution is 2.18. The van der Waals surface area contributed by atoms with Crippen molar-refractivity contribution in [1.29, 1.82) is 0 Å². The van der Waals surface area contributed by atoms with Gasteiger partial charge in [0.05, 0.1) is 0 Å². The molecule has 1 saturated heterocycles. The third-order valence-corrected chi connectivity index (χ3v) is 4.42. The molecule has 0 spiro atoms. The fraction of sp³-hybridized carbons (Fsp3) is 0.278. The van der Waals surface area contributed by atoms with Gasteiger partial charge in [-0.15, -0.1) is 0 Å². The lowest BCUT2D eigenvalue weighted by Gasteiger charge is -2.36. The first kappa shape index (κ1) is 13.3. The number of aromatic nitrogens is 2. The van der Waals surface area contributed by atoms with Crippen LogP contribution in [0.3, 0.4) is 0 Å². The summed E-state index contributed by atoms with van der Waals surface area (Å²) >= 11 is 0. The van der Waals surface area contributed by atoms with Crippen molar-refractivity contribution in [2.24, 2.45) is 0 Å². The maximum Gasteiger partial charge on any atom is 0.0454 e. The minimum atomic E-state index is 1.03. The molecule has 22 heavy (non-hydrogen) atoms. The summed E-state index contributed by atoms with van der Waals surface area (Å²) in [4.78, 5) is 12.3. The summed E-state index contributed by atoms with van der Waals surface area (Å²) in [6.45, 7) is 5.40. The molecule has 3 aromatic rings. The number of H-pyrrole nitrogens is 1. The lowest BCUT2D eigenvalue weighted by molar-refractivity contribution is 0.250. The molecule has 1 N–H and O–H groups in total. The number of pyridine rings is 1. The largest absolute Gasteiger partial charge is 0.369 e. The van der Waals surface area contributed by atoms with E-state index in [0.717, 1.165) is 32.7 Å². The topological polar surface area (TPSA) is 35.2 Å². The Labute approximate surface area is 130 Å². The average molecular weight is 292 g/mol. The first-order valence-corrected chi connectivity index (χ1v) is 7.82. The Morgan fingerprint density at radius 1 is 0.955 bits per heavy atom. The van der Waals surface area contributed by atoms with Crippen LogP contribution < -0.4 is 4.90 Å². The van der Waals surface area contributed by atoms with Crippen LogP contribution in [-0.4, -0.2) is 41.0 Å². The number of benzene rings is 1. The lowest BCUT2D eigenvalue weighted by Crippen LogP contribution is -2.45. The highest BCUT2D eigenvalue weighted by Gasteiger charge is 2.17. The second kappa shape index (κ2) is 5.81. The molecular weight excluding hydrogens is 272 g/mol. The van der Waals surface area contributed by atoms with E-state index in [9.17, 15) is 0 Å². The van der Waals surface area contributed by atoms with E-state index in [1.807, 2.05) is 18.6 Å². The first-order valence-electron chi connectivity index (χ1n) is 7.82. The van der Waals surface area contributed by atoms with Crippen molar-refractivity contribution in [3.8, 4) is 0 Å². The number of fused-ring (bicyclic) bond motifs is 1. The Morgan fingerprint density at radius 3 is 2.59 bits per heavy atom. The van der Waals surface area contributed by atoms with Crippen LogP contribution in [0.2, 0.25) is 0 Å². The molecule has 0 saturated carbocycles. The van der Waals surface area contributed by atoms with Crippen molar-refractivity contribution in [2.45, 2.75) is 6.54 Å². The van der Waals surface area contributed by atoms with Gasteiger partial charge in [-0.05, 0) is 41.3 Å². The molecule has 0 radical (unpaired) electrons. The number of anilines is 1. The average Bonchev–Trinajstić information content (AvgIpc) is 3.04. The summed E-state index contributed by atoms with van der Waals surface area (Å²) in [5.41, 5.74) is 3.89.